The molecule has 446 valence electrons. The lowest BCUT2D eigenvalue weighted by atomic mass is 9.81. The van der Waals surface area contributed by atoms with Crippen molar-refractivity contribution in [2.24, 2.45) is 5.92 Å². The van der Waals surface area contributed by atoms with Crippen LogP contribution in [0.4, 0.5) is 0 Å². The summed E-state index contributed by atoms with van der Waals surface area (Å²) in [4.78, 5) is 66.0. The summed E-state index contributed by atoms with van der Waals surface area (Å²) in [6, 6.07) is 20.7. The third-order valence-corrected chi connectivity index (χ3v) is 19.5. The summed E-state index contributed by atoms with van der Waals surface area (Å²) in [5.74, 6) is -2.59. The molecule has 10 rings (SSSR count). The van der Waals surface area contributed by atoms with Gasteiger partial charge in [0.1, 0.15) is 17.5 Å². The van der Waals surface area contributed by atoms with Crippen molar-refractivity contribution < 1.29 is 60.5 Å². The van der Waals surface area contributed by atoms with Crippen molar-refractivity contribution in [1.29, 1.82) is 0 Å². The number of rotatable bonds is 15. The first kappa shape index (κ1) is 60.8. The molecule has 20 nitrogen and oxygen atoms in total. The van der Waals surface area contributed by atoms with Gasteiger partial charge in [0.15, 0.2) is 0 Å². The first-order chi connectivity index (χ1) is 39.8. The van der Waals surface area contributed by atoms with Gasteiger partial charge in [-0.3, -0.25) is 14.4 Å². The normalized spacial score (nSPS) is 16.0. The molecule has 2 saturated carbocycles. The van der Waals surface area contributed by atoms with E-state index >= 15 is 0 Å². The van der Waals surface area contributed by atoms with Gasteiger partial charge in [0.25, 0.3) is 17.7 Å². The highest BCUT2D eigenvalue weighted by molar-refractivity contribution is 7.88. The highest BCUT2D eigenvalue weighted by Crippen LogP contribution is 2.49. The van der Waals surface area contributed by atoms with Crippen molar-refractivity contribution in [3.63, 3.8) is 0 Å². The van der Waals surface area contributed by atoms with Gasteiger partial charge in [0.2, 0.25) is 0 Å². The number of nitrogens with zero attached hydrogens (tertiary/aromatic N) is 5. The second-order valence-corrected chi connectivity index (χ2v) is 26.5. The van der Waals surface area contributed by atoms with Crippen molar-refractivity contribution in [3.05, 3.63) is 117 Å². The fourth-order valence-electron chi connectivity index (χ4n) is 12.4. The maximum atomic E-state index is 14.1. The van der Waals surface area contributed by atoms with Gasteiger partial charge in [-0.2, -0.15) is 25.4 Å². The molecule has 84 heavy (non-hydrogen) atoms. The lowest BCUT2D eigenvalue weighted by Crippen LogP contribution is -2.46. The molecule has 2 aliphatic heterocycles. The van der Waals surface area contributed by atoms with Gasteiger partial charge in [-0.25, -0.2) is 19.0 Å². The van der Waals surface area contributed by atoms with E-state index in [4.69, 9.17) is 9.47 Å². The van der Waals surface area contributed by atoms with Crippen LogP contribution in [0.2, 0.25) is 0 Å². The van der Waals surface area contributed by atoms with Crippen molar-refractivity contribution in [1.82, 2.24) is 32.1 Å². The zero-order chi connectivity index (χ0) is 60.7. The molecule has 4 N–H and O–H groups in total. The summed E-state index contributed by atoms with van der Waals surface area (Å²) in [6.07, 6.45) is 14.3. The van der Waals surface area contributed by atoms with Crippen LogP contribution in [0, 0.1) is 5.92 Å². The Kier molecular flexibility index (Phi) is 17.7. The van der Waals surface area contributed by atoms with E-state index in [1.54, 1.807) is 64.5 Å². The first-order valence-corrected chi connectivity index (χ1v) is 31.1. The highest BCUT2D eigenvalue weighted by Gasteiger charge is 2.36. The molecule has 2 fully saturated rings. The van der Waals surface area contributed by atoms with Crippen LogP contribution >= 0.6 is 0 Å². The van der Waals surface area contributed by atoms with Crippen LogP contribution in [0.5, 0.6) is 11.5 Å². The van der Waals surface area contributed by atoms with Gasteiger partial charge in [0, 0.05) is 84.9 Å². The van der Waals surface area contributed by atoms with E-state index in [1.807, 2.05) is 57.7 Å². The summed E-state index contributed by atoms with van der Waals surface area (Å²) in [6.45, 7) is 3.75. The van der Waals surface area contributed by atoms with Gasteiger partial charge >= 0.3 is 32.4 Å². The predicted molar refractivity (Wildman–Crippen MR) is 322 cm³/mol. The largest absolute Gasteiger partial charge is 0.497 e. The number of hydrogen-bond donors (Lipinski definition) is 4. The number of hydrogen-bond acceptors (Lipinski definition) is 11. The smallest absolute Gasteiger partial charge is 0.333 e. The van der Waals surface area contributed by atoms with Crippen molar-refractivity contribution in [2.75, 3.05) is 49.5 Å². The maximum absolute atomic E-state index is 14.1. The van der Waals surface area contributed by atoms with Crippen LogP contribution in [0.25, 0.3) is 56.5 Å². The summed E-state index contributed by atoms with van der Waals surface area (Å²) < 4.78 is 70.5. The Bertz CT molecular complexity index is 3920. The Labute approximate surface area is 490 Å². The Morgan fingerprint density at radius 3 is 1.35 bits per heavy atom. The molecule has 4 heterocycles. The average Bonchev–Trinajstić information content (AvgIpc) is 1.78. The number of methoxy groups -OCH3 is 2. The number of aromatic nitrogens is 2. The number of ether oxygens (including phenoxy) is 2. The molecule has 22 heteroatoms. The third kappa shape index (κ3) is 12.0. The number of likely N-dealkylation sites (N-methyl/N-ethyl adjacent to an activating group) is 1. The molecular weight excluding hydrogens is 1110 g/mol. The lowest BCUT2D eigenvalue weighted by Gasteiger charge is -2.28. The first-order valence-electron chi connectivity index (χ1n) is 28.2. The molecule has 2 aromatic heterocycles. The molecule has 4 aromatic carbocycles. The standard InChI is InChI=1S/C34H42N4O7S.C28H31N3O6S/c1-20(2)30(34(41)42)37(5)33(40)24-16-23-17-25(45-6)13-15-26(23)31-29(21-10-8-7-9-11-21)27-14-12-22(18-28(27)38(31)19-24)32(39)35-46(43,44)36(3)4;1-30(2)38(35,36)29-27(32)18-9-11-23-24(15-18)31-16-20(28(33)34)13-19-14-21(37-3)10-12-22(19)26(31)25(23)17-7-5-4-6-8-17/h12-18,20-21,30H,7-11,19H2,1-6H3,(H,35,39)(H,41,42);9-15,17H,4-8,16H2,1-3H3,(H,29,32)(H,33,34)/t30-;/m0./s1. The zero-order valence-corrected chi connectivity index (χ0v) is 50.4. The number of nitrogens with one attached hydrogen (secondary N) is 2. The van der Waals surface area contributed by atoms with Crippen LogP contribution in [-0.4, -0.2) is 135 Å². The molecule has 0 bridgehead atoms. The van der Waals surface area contributed by atoms with E-state index in [0.717, 1.165) is 122 Å². The minimum atomic E-state index is -4.02. The Balaban J connectivity index is 0.000000205. The topological polar surface area (TPSA) is 256 Å². The van der Waals surface area contributed by atoms with Crippen molar-refractivity contribution >= 4 is 84.0 Å². The van der Waals surface area contributed by atoms with E-state index in [1.165, 1.54) is 46.6 Å². The SMILES string of the molecule is COc1ccc2c(c1)C=C(C(=O)N(C)[C@H](C(=O)O)C(C)C)Cn1c-2c(C2CCCCC2)c2ccc(C(=O)NS(=O)(=O)N(C)C)cc21.COc1ccc2c(c1)C=C(C(=O)O)Cn1c-2c(C2CCCCC2)c2ccc(C(=O)NS(=O)(=O)N(C)C)cc21. The maximum Gasteiger partial charge on any atom is 0.333 e. The summed E-state index contributed by atoms with van der Waals surface area (Å²) in [7, 11) is 2.03. The molecule has 0 spiro atoms. The quantitative estimate of drug-likeness (QED) is 0.0749. The summed E-state index contributed by atoms with van der Waals surface area (Å²) >= 11 is 0. The Morgan fingerprint density at radius 2 is 0.976 bits per heavy atom. The molecule has 6 aromatic rings. The summed E-state index contributed by atoms with van der Waals surface area (Å²) in [5.41, 5.74) is 9.78. The number of carboxylic acids is 2. The minimum absolute atomic E-state index is 0.103. The van der Waals surface area contributed by atoms with Gasteiger partial charge in [0.05, 0.1) is 44.3 Å². The molecular formula is C62H73N7O13S2. The third-order valence-electron chi connectivity index (χ3n) is 16.7. The Morgan fingerprint density at radius 1 is 0.571 bits per heavy atom. The van der Waals surface area contributed by atoms with E-state index < -0.39 is 56.1 Å². The molecule has 0 saturated heterocycles. The average molecular weight is 1190 g/mol. The number of benzene rings is 4. The molecule has 2 aliphatic carbocycles. The van der Waals surface area contributed by atoms with Crippen LogP contribution in [0.3, 0.4) is 0 Å². The fourth-order valence-corrected chi connectivity index (χ4v) is 13.5. The number of carboxylic acid groups (broad SMARTS) is 2. The second-order valence-electron chi connectivity index (χ2n) is 22.8. The number of carbonyl (C=O) groups excluding carboxylic acids is 3. The minimum Gasteiger partial charge on any atom is -0.497 e. The number of carbonyl (C=O) groups is 5. The number of aliphatic carboxylic acids is 2. The molecule has 1 atom stereocenters. The lowest BCUT2D eigenvalue weighted by molar-refractivity contribution is -0.149. The van der Waals surface area contributed by atoms with Crippen LogP contribution in [0.1, 0.15) is 133 Å². The van der Waals surface area contributed by atoms with E-state index in [-0.39, 0.29) is 47.5 Å². The molecule has 0 unspecified atom stereocenters. The highest BCUT2D eigenvalue weighted by atomic mass is 32.2. The number of amides is 3. The predicted octanol–water partition coefficient (Wildman–Crippen LogP) is 9.25. The monoisotopic (exact) mass is 1190 g/mol. The van der Waals surface area contributed by atoms with Gasteiger partial charge in [-0.1, -0.05) is 64.5 Å². The Hall–Kier alpha value is -7.79. The van der Waals surface area contributed by atoms with Crippen LogP contribution < -0.4 is 18.9 Å². The summed E-state index contributed by atoms with van der Waals surface area (Å²) in [5, 5.41) is 21.9. The zero-order valence-electron chi connectivity index (χ0n) is 48.8. The molecule has 3 amide bonds. The van der Waals surface area contributed by atoms with Gasteiger partial charge < -0.3 is 33.7 Å². The van der Waals surface area contributed by atoms with E-state index in [2.05, 4.69) is 9.44 Å². The van der Waals surface area contributed by atoms with Gasteiger partial charge in [-0.05, 0) is 139 Å². The molecule has 0 radical (unpaired) electrons. The van der Waals surface area contributed by atoms with Crippen LogP contribution in [0.15, 0.2) is 83.9 Å². The second kappa shape index (κ2) is 24.4. The van der Waals surface area contributed by atoms with Gasteiger partial charge in [-0.15, -0.1) is 0 Å². The van der Waals surface area contributed by atoms with Crippen molar-refractivity contribution in [3.8, 4) is 34.0 Å². The van der Waals surface area contributed by atoms with Crippen molar-refractivity contribution in [2.45, 2.75) is 109 Å². The van der Waals surface area contributed by atoms with Crippen LogP contribution in [-0.2, 0) is 47.9 Å². The number of fused-ring (bicyclic) bond motifs is 10. The fraction of sp³-hybridized carbons (Fsp3) is 0.403. The van der Waals surface area contributed by atoms with E-state index in [9.17, 15) is 51.0 Å². The van der Waals surface area contributed by atoms with E-state index in [0.29, 0.717) is 28.1 Å². The molecule has 4 aliphatic rings.